The highest BCUT2D eigenvalue weighted by Gasteiger charge is 2.17. The first-order chi connectivity index (χ1) is 6.84. The van der Waals surface area contributed by atoms with Crippen molar-refractivity contribution in [2.45, 2.75) is 45.2 Å². The van der Waals surface area contributed by atoms with Crippen LogP contribution >= 0.6 is 0 Å². The van der Waals surface area contributed by atoms with Gasteiger partial charge in [-0.2, -0.15) is 5.10 Å². The monoisotopic (exact) mass is 193 g/mol. The van der Waals surface area contributed by atoms with Crippen LogP contribution < -0.4 is 5.32 Å². The molecule has 1 saturated carbocycles. The third kappa shape index (κ3) is 2.58. The second-order valence-corrected chi connectivity index (χ2v) is 4.42. The fraction of sp³-hybridized carbons (Fsp3) is 0.727. The maximum atomic E-state index is 3.93. The van der Waals surface area contributed by atoms with Gasteiger partial charge >= 0.3 is 0 Å². The molecule has 0 amide bonds. The Morgan fingerprint density at radius 2 is 2.21 bits per heavy atom. The van der Waals surface area contributed by atoms with Crippen molar-refractivity contribution in [2.24, 2.45) is 5.92 Å². The standard InChI is InChI=1S/C11H19N3/c1-9-2-4-10(5-3-9)12-8-11-6-7-13-14-11/h6-7,9-10,12H,2-5,8H2,1H3,(H,13,14). The molecule has 0 spiro atoms. The van der Waals surface area contributed by atoms with Crippen LogP contribution in [0.4, 0.5) is 0 Å². The number of hydrogen-bond acceptors (Lipinski definition) is 2. The number of H-pyrrole nitrogens is 1. The molecular weight excluding hydrogens is 174 g/mol. The van der Waals surface area contributed by atoms with Gasteiger partial charge in [0, 0.05) is 24.5 Å². The van der Waals surface area contributed by atoms with Crippen LogP contribution in [0.5, 0.6) is 0 Å². The zero-order chi connectivity index (χ0) is 9.80. The lowest BCUT2D eigenvalue weighted by molar-refractivity contribution is 0.306. The molecule has 3 nitrogen and oxygen atoms in total. The molecule has 1 aliphatic carbocycles. The van der Waals surface area contributed by atoms with E-state index in [2.05, 4.69) is 22.4 Å². The molecule has 1 fully saturated rings. The van der Waals surface area contributed by atoms with E-state index in [9.17, 15) is 0 Å². The van der Waals surface area contributed by atoms with Crippen LogP contribution in [0, 0.1) is 5.92 Å². The van der Waals surface area contributed by atoms with Gasteiger partial charge in [0.25, 0.3) is 0 Å². The molecule has 14 heavy (non-hydrogen) atoms. The van der Waals surface area contributed by atoms with E-state index in [-0.39, 0.29) is 0 Å². The average Bonchev–Trinajstić information content (AvgIpc) is 2.70. The van der Waals surface area contributed by atoms with Crippen molar-refractivity contribution < 1.29 is 0 Å². The van der Waals surface area contributed by atoms with Gasteiger partial charge in [-0.1, -0.05) is 6.92 Å². The quantitative estimate of drug-likeness (QED) is 0.771. The fourth-order valence-corrected chi connectivity index (χ4v) is 2.10. The first-order valence-electron chi connectivity index (χ1n) is 5.56. The molecule has 0 radical (unpaired) electrons. The highest BCUT2D eigenvalue weighted by Crippen LogP contribution is 2.23. The summed E-state index contributed by atoms with van der Waals surface area (Å²) in [5, 5.41) is 10.5. The molecule has 2 N–H and O–H groups in total. The average molecular weight is 193 g/mol. The molecule has 1 heterocycles. The summed E-state index contributed by atoms with van der Waals surface area (Å²) in [6, 6.07) is 2.74. The first kappa shape index (κ1) is 9.71. The number of aromatic nitrogens is 2. The smallest absolute Gasteiger partial charge is 0.0490 e. The molecule has 1 aromatic rings. The lowest BCUT2D eigenvalue weighted by Gasteiger charge is -2.26. The van der Waals surface area contributed by atoms with Crippen molar-refractivity contribution in [3.8, 4) is 0 Å². The molecule has 0 atom stereocenters. The lowest BCUT2D eigenvalue weighted by atomic mass is 9.87. The van der Waals surface area contributed by atoms with Crippen molar-refractivity contribution in [1.82, 2.24) is 15.5 Å². The summed E-state index contributed by atoms with van der Waals surface area (Å²) in [5.74, 6) is 0.931. The van der Waals surface area contributed by atoms with E-state index in [1.165, 1.54) is 31.4 Å². The summed E-state index contributed by atoms with van der Waals surface area (Å²) >= 11 is 0. The molecular formula is C11H19N3. The Labute approximate surface area is 85.3 Å². The fourth-order valence-electron chi connectivity index (χ4n) is 2.10. The number of rotatable bonds is 3. The number of nitrogens with zero attached hydrogens (tertiary/aromatic N) is 1. The SMILES string of the molecule is CC1CCC(NCc2ccn[nH]2)CC1. The van der Waals surface area contributed by atoms with Crippen molar-refractivity contribution >= 4 is 0 Å². The molecule has 0 aliphatic heterocycles. The number of hydrogen-bond donors (Lipinski definition) is 2. The topological polar surface area (TPSA) is 40.7 Å². The van der Waals surface area contributed by atoms with Gasteiger partial charge in [-0.25, -0.2) is 0 Å². The Bertz CT molecular complexity index is 248. The van der Waals surface area contributed by atoms with Crippen molar-refractivity contribution in [3.05, 3.63) is 18.0 Å². The molecule has 1 aliphatic rings. The van der Waals surface area contributed by atoms with Crippen LogP contribution in [0.3, 0.4) is 0 Å². The Morgan fingerprint density at radius 1 is 1.43 bits per heavy atom. The highest BCUT2D eigenvalue weighted by molar-refractivity contribution is 4.97. The Balaban J connectivity index is 1.71. The minimum atomic E-state index is 0.717. The van der Waals surface area contributed by atoms with Crippen LogP contribution in [-0.2, 0) is 6.54 Å². The van der Waals surface area contributed by atoms with E-state index in [0.717, 1.165) is 18.5 Å². The summed E-state index contributed by atoms with van der Waals surface area (Å²) in [5.41, 5.74) is 1.18. The lowest BCUT2D eigenvalue weighted by Crippen LogP contribution is -2.32. The van der Waals surface area contributed by atoms with Gasteiger partial charge in [0.2, 0.25) is 0 Å². The van der Waals surface area contributed by atoms with Crippen molar-refractivity contribution in [1.29, 1.82) is 0 Å². The van der Waals surface area contributed by atoms with Gasteiger partial charge in [-0.15, -0.1) is 0 Å². The molecule has 0 saturated heterocycles. The van der Waals surface area contributed by atoms with Crippen LogP contribution in [0.15, 0.2) is 12.3 Å². The van der Waals surface area contributed by atoms with Gasteiger partial charge in [0.15, 0.2) is 0 Å². The highest BCUT2D eigenvalue weighted by atomic mass is 15.1. The molecule has 2 rings (SSSR count). The molecule has 0 bridgehead atoms. The van der Waals surface area contributed by atoms with Crippen molar-refractivity contribution in [3.63, 3.8) is 0 Å². The van der Waals surface area contributed by atoms with E-state index >= 15 is 0 Å². The minimum Gasteiger partial charge on any atom is -0.308 e. The van der Waals surface area contributed by atoms with Gasteiger partial charge in [0.05, 0.1) is 0 Å². The van der Waals surface area contributed by atoms with Gasteiger partial charge in [0.1, 0.15) is 0 Å². The summed E-state index contributed by atoms with van der Waals surface area (Å²) in [6.45, 7) is 3.28. The second-order valence-electron chi connectivity index (χ2n) is 4.42. The van der Waals surface area contributed by atoms with Crippen LogP contribution in [-0.4, -0.2) is 16.2 Å². The second kappa shape index (κ2) is 4.60. The third-order valence-electron chi connectivity index (χ3n) is 3.16. The molecule has 0 aromatic carbocycles. The first-order valence-corrected chi connectivity index (χ1v) is 5.56. The van der Waals surface area contributed by atoms with Gasteiger partial charge < -0.3 is 5.32 Å². The van der Waals surface area contributed by atoms with Crippen LogP contribution in [0.1, 0.15) is 38.3 Å². The normalized spacial score (nSPS) is 27.8. The molecule has 0 unspecified atom stereocenters. The summed E-state index contributed by atoms with van der Waals surface area (Å²) in [6.07, 6.45) is 7.21. The number of nitrogens with one attached hydrogen (secondary N) is 2. The molecule has 3 heteroatoms. The largest absolute Gasteiger partial charge is 0.308 e. The van der Waals surface area contributed by atoms with Crippen LogP contribution in [0.2, 0.25) is 0 Å². The predicted octanol–water partition coefficient (Wildman–Crippen LogP) is 2.08. The molecule has 78 valence electrons. The van der Waals surface area contributed by atoms with E-state index in [1.807, 2.05) is 6.07 Å². The number of aromatic amines is 1. The van der Waals surface area contributed by atoms with Gasteiger partial charge in [-0.3, -0.25) is 5.10 Å². The van der Waals surface area contributed by atoms with Crippen LogP contribution in [0.25, 0.3) is 0 Å². The Hall–Kier alpha value is -0.830. The zero-order valence-electron chi connectivity index (χ0n) is 8.79. The Kier molecular flexibility index (Phi) is 3.19. The predicted molar refractivity (Wildman–Crippen MR) is 56.8 cm³/mol. The maximum absolute atomic E-state index is 3.93. The van der Waals surface area contributed by atoms with E-state index < -0.39 is 0 Å². The zero-order valence-corrected chi connectivity index (χ0v) is 8.79. The van der Waals surface area contributed by atoms with E-state index in [0.29, 0.717) is 0 Å². The minimum absolute atomic E-state index is 0.717. The van der Waals surface area contributed by atoms with E-state index in [1.54, 1.807) is 6.20 Å². The van der Waals surface area contributed by atoms with Gasteiger partial charge in [-0.05, 0) is 37.7 Å². The summed E-state index contributed by atoms with van der Waals surface area (Å²) < 4.78 is 0. The van der Waals surface area contributed by atoms with E-state index in [4.69, 9.17) is 0 Å². The van der Waals surface area contributed by atoms with Crippen molar-refractivity contribution in [2.75, 3.05) is 0 Å². The molecule has 1 aromatic heterocycles. The summed E-state index contributed by atoms with van der Waals surface area (Å²) in [4.78, 5) is 0. The maximum Gasteiger partial charge on any atom is 0.0490 e. The third-order valence-corrected chi connectivity index (χ3v) is 3.16. The Morgan fingerprint density at radius 3 is 2.86 bits per heavy atom. The summed E-state index contributed by atoms with van der Waals surface area (Å²) in [7, 11) is 0.